The molecule has 2 atom stereocenters. The highest BCUT2D eigenvalue weighted by atomic mass is 16.5. The predicted molar refractivity (Wildman–Crippen MR) is 60.0 cm³/mol. The molecule has 0 amide bonds. The van der Waals surface area contributed by atoms with Crippen LogP contribution in [0.1, 0.15) is 32.6 Å². The molecular weight excluding hydrogens is 190 g/mol. The maximum atomic E-state index is 5.62. The molecule has 3 heteroatoms. The van der Waals surface area contributed by atoms with Crippen LogP contribution in [0.15, 0.2) is 0 Å². The van der Waals surface area contributed by atoms with Crippen LogP contribution >= 0.6 is 0 Å². The molecule has 1 aliphatic heterocycles. The zero-order valence-corrected chi connectivity index (χ0v) is 9.71. The van der Waals surface area contributed by atoms with Gasteiger partial charge in [-0.25, -0.2) is 0 Å². The molecule has 1 aliphatic carbocycles. The fraction of sp³-hybridized carbons (Fsp3) is 1.00. The Morgan fingerprint density at radius 3 is 2.93 bits per heavy atom. The fourth-order valence-corrected chi connectivity index (χ4v) is 2.02. The minimum atomic E-state index is 0.424. The van der Waals surface area contributed by atoms with Crippen LogP contribution in [0.2, 0.25) is 0 Å². The van der Waals surface area contributed by atoms with Gasteiger partial charge < -0.3 is 14.8 Å². The normalized spacial score (nSPS) is 28.2. The molecule has 1 saturated heterocycles. The molecule has 0 aromatic heterocycles. The quantitative estimate of drug-likeness (QED) is 0.651. The van der Waals surface area contributed by atoms with Crippen molar-refractivity contribution in [1.29, 1.82) is 0 Å². The zero-order chi connectivity index (χ0) is 10.5. The SMILES string of the molecule is CC(NCCOCC1CC1)C1CCCO1. The molecule has 2 rings (SSSR count). The summed E-state index contributed by atoms with van der Waals surface area (Å²) in [6.45, 7) is 5.91. The Kier molecular flexibility index (Phi) is 4.42. The van der Waals surface area contributed by atoms with Crippen LogP contribution in [-0.2, 0) is 9.47 Å². The number of rotatable bonds is 7. The minimum absolute atomic E-state index is 0.424. The summed E-state index contributed by atoms with van der Waals surface area (Å²) in [4.78, 5) is 0. The van der Waals surface area contributed by atoms with Gasteiger partial charge in [-0.2, -0.15) is 0 Å². The average molecular weight is 213 g/mol. The van der Waals surface area contributed by atoms with Crippen molar-refractivity contribution in [3.8, 4) is 0 Å². The van der Waals surface area contributed by atoms with Crippen molar-refractivity contribution >= 4 is 0 Å². The van der Waals surface area contributed by atoms with Crippen LogP contribution in [0.25, 0.3) is 0 Å². The summed E-state index contributed by atoms with van der Waals surface area (Å²) < 4.78 is 11.2. The molecule has 0 aromatic carbocycles. The zero-order valence-electron chi connectivity index (χ0n) is 9.71. The van der Waals surface area contributed by atoms with E-state index in [1.165, 1.54) is 25.7 Å². The van der Waals surface area contributed by atoms with E-state index in [4.69, 9.17) is 9.47 Å². The lowest BCUT2D eigenvalue weighted by Crippen LogP contribution is -2.38. The number of ether oxygens (including phenoxy) is 2. The first-order chi connectivity index (χ1) is 7.36. The summed E-state index contributed by atoms with van der Waals surface area (Å²) >= 11 is 0. The highest BCUT2D eigenvalue weighted by molar-refractivity contribution is 4.76. The Bertz CT molecular complexity index is 176. The monoisotopic (exact) mass is 213 g/mol. The average Bonchev–Trinajstić information content (AvgIpc) is 2.90. The molecule has 3 nitrogen and oxygen atoms in total. The van der Waals surface area contributed by atoms with Crippen molar-refractivity contribution in [2.24, 2.45) is 5.92 Å². The van der Waals surface area contributed by atoms with Crippen molar-refractivity contribution in [2.75, 3.05) is 26.4 Å². The molecule has 1 N–H and O–H groups in total. The van der Waals surface area contributed by atoms with Gasteiger partial charge in [0, 0.05) is 25.8 Å². The largest absolute Gasteiger partial charge is 0.380 e. The van der Waals surface area contributed by atoms with Crippen molar-refractivity contribution in [3.63, 3.8) is 0 Å². The lowest BCUT2D eigenvalue weighted by atomic mass is 10.1. The Hall–Kier alpha value is -0.120. The maximum absolute atomic E-state index is 5.62. The van der Waals surface area contributed by atoms with Gasteiger partial charge in [0.25, 0.3) is 0 Å². The van der Waals surface area contributed by atoms with Crippen LogP contribution in [0.5, 0.6) is 0 Å². The van der Waals surface area contributed by atoms with Gasteiger partial charge in [0.15, 0.2) is 0 Å². The highest BCUT2D eigenvalue weighted by Crippen LogP contribution is 2.28. The van der Waals surface area contributed by atoms with Crippen LogP contribution in [0.4, 0.5) is 0 Å². The molecule has 2 unspecified atom stereocenters. The summed E-state index contributed by atoms with van der Waals surface area (Å²) in [5, 5.41) is 3.47. The summed E-state index contributed by atoms with van der Waals surface area (Å²) in [5.74, 6) is 0.876. The Labute approximate surface area is 92.5 Å². The van der Waals surface area contributed by atoms with E-state index < -0.39 is 0 Å². The fourth-order valence-electron chi connectivity index (χ4n) is 2.02. The Morgan fingerprint density at radius 2 is 2.27 bits per heavy atom. The van der Waals surface area contributed by atoms with Crippen LogP contribution < -0.4 is 5.32 Å². The molecule has 2 fully saturated rings. The van der Waals surface area contributed by atoms with E-state index in [-0.39, 0.29) is 0 Å². The maximum Gasteiger partial charge on any atom is 0.0726 e. The first-order valence-corrected chi connectivity index (χ1v) is 6.29. The third-order valence-electron chi connectivity index (χ3n) is 3.29. The van der Waals surface area contributed by atoms with Gasteiger partial charge in [-0.1, -0.05) is 0 Å². The smallest absolute Gasteiger partial charge is 0.0726 e. The minimum Gasteiger partial charge on any atom is -0.380 e. The van der Waals surface area contributed by atoms with Gasteiger partial charge in [0.2, 0.25) is 0 Å². The van der Waals surface area contributed by atoms with Gasteiger partial charge in [-0.3, -0.25) is 0 Å². The van der Waals surface area contributed by atoms with Crippen LogP contribution in [-0.4, -0.2) is 38.5 Å². The summed E-state index contributed by atoms with van der Waals surface area (Å²) in [7, 11) is 0. The lowest BCUT2D eigenvalue weighted by molar-refractivity contribution is 0.0759. The summed E-state index contributed by atoms with van der Waals surface area (Å²) in [5.41, 5.74) is 0. The molecule has 88 valence electrons. The van der Waals surface area contributed by atoms with Gasteiger partial charge >= 0.3 is 0 Å². The molecule has 0 radical (unpaired) electrons. The first kappa shape index (κ1) is 11.4. The predicted octanol–water partition coefficient (Wildman–Crippen LogP) is 1.57. The van der Waals surface area contributed by atoms with Gasteiger partial charge in [-0.05, 0) is 38.5 Å². The van der Waals surface area contributed by atoms with Gasteiger partial charge in [-0.15, -0.1) is 0 Å². The Morgan fingerprint density at radius 1 is 1.40 bits per heavy atom. The second-order valence-electron chi connectivity index (χ2n) is 4.81. The molecule has 0 spiro atoms. The van der Waals surface area contributed by atoms with Gasteiger partial charge in [0.1, 0.15) is 0 Å². The van der Waals surface area contributed by atoms with E-state index in [9.17, 15) is 0 Å². The summed E-state index contributed by atoms with van der Waals surface area (Å²) in [6, 6.07) is 0.469. The lowest BCUT2D eigenvalue weighted by Gasteiger charge is -2.19. The second kappa shape index (κ2) is 5.83. The molecule has 0 aromatic rings. The molecule has 0 bridgehead atoms. The Balaban J connectivity index is 1.45. The molecule has 1 heterocycles. The van der Waals surface area contributed by atoms with Crippen LogP contribution in [0.3, 0.4) is 0 Å². The third-order valence-corrected chi connectivity index (χ3v) is 3.29. The number of hydrogen-bond acceptors (Lipinski definition) is 3. The molecular formula is C12H23NO2. The first-order valence-electron chi connectivity index (χ1n) is 6.29. The van der Waals surface area contributed by atoms with Gasteiger partial charge in [0.05, 0.1) is 12.7 Å². The topological polar surface area (TPSA) is 30.5 Å². The van der Waals surface area contributed by atoms with Crippen molar-refractivity contribution in [2.45, 2.75) is 44.8 Å². The summed E-state index contributed by atoms with van der Waals surface area (Å²) in [6.07, 6.45) is 5.60. The molecule has 1 saturated carbocycles. The van der Waals surface area contributed by atoms with E-state index in [1.807, 2.05) is 0 Å². The number of hydrogen-bond donors (Lipinski definition) is 1. The van der Waals surface area contributed by atoms with E-state index in [0.717, 1.165) is 32.3 Å². The van der Waals surface area contributed by atoms with E-state index in [0.29, 0.717) is 12.1 Å². The molecule has 15 heavy (non-hydrogen) atoms. The van der Waals surface area contributed by atoms with E-state index in [1.54, 1.807) is 0 Å². The molecule has 2 aliphatic rings. The highest BCUT2D eigenvalue weighted by Gasteiger charge is 2.22. The number of nitrogens with one attached hydrogen (secondary N) is 1. The van der Waals surface area contributed by atoms with Crippen molar-refractivity contribution in [1.82, 2.24) is 5.32 Å². The van der Waals surface area contributed by atoms with Crippen molar-refractivity contribution in [3.05, 3.63) is 0 Å². The van der Waals surface area contributed by atoms with E-state index >= 15 is 0 Å². The van der Waals surface area contributed by atoms with E-state index in [2.05, 4.69) is 12.2 Å². The van der Waals surface area contributed by atoms with Crippen molar-refractivity contribution < 1.29 is 9.47 Å². The second-order valence-corrected chi connectivity index (χ2v) is 4.81. The third kappa shape index (κ3) is 4.09. The van der Waals surface area contributed by atoms with Crippen LogP contribution in [0, 0.1) is 5.92 Å². The standard InChI is InChI=1S/C12H23NO2/c1-10(12-3-2-7-15-12)13-6-8-14-9-11-4-5-11/h10-13H,2-9H2,1H3.